The van der Waals surface area contributed by atoms with Crippen molar-refractivity contribution < 1.29 is 4.74 Å². The van der Waals surface area contributed by atoms with Crippen LogP contribution in [0.4, 0.5) is 0 Å². The van der Waals surface area contributed by atoms with Gasteiger partial charge in [-0.1, -0.05) is 28.8 Å². The Morgan fingerprint density at radius 1 is 1.53 bits per heavy atom. The van der Waals surface area contributed by atoms with E-state index in [4.69, 9.17) is 16.3 Å². The molecule has 82 valence electrons. The van der Waals surface area contributed by atoms with Gasteiger partial charge in [0.15, 0.2) is 0 Å². The van der Waals surface area contributed by atoms with E-state index in [0.717, 1.165) is 28.1 Å². The maximum absolute atomic E-state index is 6.40. The van der Waals surface area contributed by atoms with Gasteiger partial charge >= 0.3 is 0 Å². The molecular weight excluding hydrogens is 275 g/mol. The highest BCUT2D eigenvalue weighted by molar-refractivity contribution is 9.10. The summed E-state index contributed by atoms with van der Waals surface area (Å²) in [5.74, 6) is 1.72. The molecule has 0 aliphatic heterocycles. The third kappa shape index (κ3) is 2.88. The molecule has 1 aromatic carbocycles. The van der Waals surface area contributed by atoms with Crippen LogP contribution in [0, 0.1) is 5.92 Å². The highest BCUT2D eigenvalue weighted by atomic mass is 79.9. The Morgan fingerprint density at radius 2 is 2.27 bits per heavy atom. The van der Waals surface area contributed by atoms with Crippen molar-refractivity contribution in [3.05, 3.63) is 28.2 Å². The molecule has 1 aromatic rings. The van der Waals surface area contributed by atoms with E-state index in [9.17, 15) is 0 Å². The van der Waals surface area contributed by atoms with E-state index in [1.165, 1.54) is 12.8 Å². The standard InChI is InChI=1S/C12H14BrClO/c1-15-12-5-4-9(13)7-10(12)11(14)6-8-2-3-8/h4-5,7-8,11H,2-3,6H2,1H3. The lowest BCUT2D eigenvalue weighted by molar-refractivity contribution is 0.408. The summed E-state index contributed by atoms with van der Waals surface area (Å²) in [4.78, 5) is 0. The van der Waals surface area contributed by atoms with Crippen LogP contribution in [0.25, 0.3) is 0 Å². The third-order valence-electron chi connectivity index (χ3n) is 2.77. The van der Waals surface area contributed by atoms with Crippen LogP contribution in [0.2, 0.25) is 0 Å². The number of benzene rings is 1. The first kappa shape index (κ1) is 11.3. The van der Waals surface area contributed by atoms with Gasteiger partial charge in [-0.3, -0.25) is 0 Å². The predicted octanol–water partition coefficient (Wildman–Crippen LogP) is 4.54. The molecule has 0 heterocycles. The first-order chi connectivity index (χ1) is 7.20. The fourth-order valence-corrected chi connectivity index (χ4v) is 2.52. The topological polar surface area (TPSA) is 9.23 Å². The molecule has 0 aromatic heterocycles. The van der Waals surface area contributed by atoms with E-state index in [2.05, 4.69) is 22.0 Å². The van der Waals surface area contributed by atoms with E-state index in [0.29, 0.717) is 0 Å². The molecule has 1 atom stereocenters. The van der Waals surface area contributed by atoms with Gasteiger partial charge in [-0.2, -0.15) is 0 Å². The lowest BCUT2D eigenvalue weighted by Gasteiger charge is -2.14. The fraction of sp³-hybridized carbons (Fsp3) is 0.500. The minimum atomic E-state index is 0.0740. The van der Waals surface area contributed by atoms with Crippen molar-refractivity contribution in [2.75, 3.05) is 7.11 Å². The Hall–Kier alpha value is -0.210. The summed E-state index contributed by atoms with van der Waals surface area (Å²) >= 11 is 9.86. The van der Waals surface area contributed by atoms with Gasteiger partial charge in [0.1, 0.15) is 5.75 Å². The van der Waals surface area contributed by atoms with Crippen LogP contribution in [-0.2, 0) is 0 Å². The molecule has 1 saturated carbocycles. The van der Waals surface area contributed by atoms with Crippen LogP contribution in [0.5, 0.6) is 5.75 Å². The second kappa shape index (κ2) is 4.75. The van der Waals surface area contributed by atoms with Crippen molar-refractivity contribution >= 4 is 27.5 Å². The van der Waals surface area contributed by atoms with Gasteiger partial charge < -0.3 is 4.74 Å². The molecule has 2 rings (SSSR count). The van der Waals surface area contributed by atoms with Gasteiger partial charge in [0.25, 0.3) is 0 Å². The summed E-state index contributed by atoms with van der Waals surface area (Å²) in [6.45, 7) is 0. The van der Waals surface area contributed by atoms with Crippen molar-refractivity contribution in [2.45, 2.75) is 24.6 Å². The quantitative estimate of drug-likeness (QED) is 0.740. The first-order valence-corrected chi connectivity index (χ1v) is 6.41. The minimum absolute atomic E-state index is 0.0740. The van der Waals surface area contributed by atoms with Crippen molar-refractivity contribution in [3.63, 3.8) is 0 Å². The summed E-state index contributed by atoms with van der Waals surface area (Å²) in [7, 11) is 1.69. The lowest BCUT2D eigenvalue weighted by atomic mass is 10.1. The smallest absolute Gasteiger partial charge is 0.123 e. The molecule has 0 radical (unpaired) electrons. The Morgan fingerprint density at radius 3 is 2.87 bits per heavy atom. The highest BCUT2D eigenvalue weighted by Crippen LogP contribution is 2.43. The van der Waals surface area contributed by atoms with Crippen molar-refractivity contribution in [2.24, 2.45) is 5.92 Å². The number of hydrogen-bond donors (Lipinski definition) is 0. The summed E-state index contributed by atoms with van der Waals surface area (Å²) < 4.78 is 6.37. The maximum Gasteiger partial charge on any atom is 0.123 e. The average Bonchev–Trinajstić information content (AvgIpc) is 3.01. The monoisotopic (exact) mass is 288 g/mol. The largest absolute Gasteiger partial charge is 0.496 e. The number of rotatable bonds is 4. The van der Waals surface area contributed by atoms with Crippen LogP contribution in [0.15, 0.2) is 22.7 Å². The number of halogens is 2. The van der Waals surface area contributed by atoms with Gasteiger partial charge in [-0.05, 0) is 30.5 Å². The van der Waals surface area contributed by atoms with Crippen LogP contribution in [0.1, 0.15) is 30.2 Å². The van der Waals surface area contributed by atoms with Crippen LogP contribution >= 0.6 is 27.5 Å². The summed E-state index contributed by atoms with van der Waals surface area (Å²) in [5.41, 5.74) is 1.10. The second-order valence-electron chi connectivity index (χ2n) is 4.03. The van der Waals surface area contributed by atoms with Gasteiger partial charge in [-0.15, -0.1) is 11.6 Å². The number of ether oxygens (including phenoxy) is 1. The average molecular weight is 290 g/mol. The summed E-state index contributed by atoms with van der Waals surface area (Å²) in [6, 6.07) is 5.99. The van der Waals surface area contributed by atoms with Crippen molar-refractivity contribution in [1.29, 1.82) is 0 Å². The SMILES string of the molecule is COc1ccc(Br)cc1C(Cl)CC1CC1. The van der Waals surface area contributed by atoms with Gasteiger partial charge in [0.2, 0.25) is 0 Å². The molecule has 0 bridgehead atoms. The Kier molecular flexibility index (Phi) is 3.57. The molecule has 0 saturated heterocycles. The zero-order chi connectivity index (χ0) is 10.8. The highest BCUT2D eigenvalue weighted by Gasteiger charge is 2.26. The molecule has 1 unspecified atom stereocenters. The Bertz CT molecular complexity index is 349. The fourth-order valence-electron chi connectivity index (χ4n) is 1.72. The predicted molar refractivity (Wildman–Crippen MR) is 66.6 cm³/mol. The maximum atomic E-state index is 6.40. The molecular formula is C12H14BrClO. The Labute approximate surface area is 104 Å². The molecule has 1 aliphatic carbocycles. The molecule has 1 fully saturated rings. The van der Waals surface area contributed by atoms with Gasteiger partial charge in [-0.25, -0.2) is 0 Å². The zero-order valence-corrected chi connectivity index (χ0v) is 11.0. The van der Waals surface area contributed by atoms with E-state index in [1.807, 2.05) is 12.1 Å². The summed E-state index contributed by atoms with van der Waals surface area (Å²) in [5, 5.41) is 0.0740. The molecule has 0 amide bonds. The Balaban J connectivity index is 2.18. The van der Waals surface area contributed by atoms with Gasteiger partial charge in [0, 0.05) is 10.0 Å². The van der Waals surface area contributed by atoms with Crippen molar-refractivity contribution in [1.82, 2.24) is 0 Å². The summed E-state index contributed by atoms with van der Waals surface area (Å²) in [6.07, 6.45) is 3.73. The van der Waals surface area contributed by atoms with E-state index < -0.39 is 0 Å². The minimum Gasteiger partial charge on any atom is -0.496 e. The van der Waals surface area contributed by atoms with Crippen LogP contribution in [-0.4, -0.2) is 7.11 Å². The zero-order valence-electron chi connectivity index (χ0n) is 8.67. The molecule has 0 spiro atoms. The first-order valence-electron chi connectivity index (χ1n) is 5.18. The van der Waals surface area contributed by atoms with E-state index >= 15 is 0 Å². The van der Waals surface area contributed by atoms with E-state index in [-0.39, 0.29) is 5.38 Å². The number of alkyl halides is 1. The lowest BCUT2D eigenvalue weighted by Crippen LogP contribution is -1.96. The molecule has 1 nitrogen and oxygen atoms in total. The third-order valence-corrected chi connectivity index (χ3v) is 3.67. The van der Waals surface area contributed by atoms with Crippen LogP contribution in [0.3, 0.4) is 0 Å². The van der Waals surface area contributed by atoms with E-state index in [1.54, 1.807) is 7.11 Å². The van der Waals surface area contributed by atoms with Crippen molar-refractivity contribution in [3.8, 4) is 5.75 Å². The molecule has 15 heavy (non-hydrogen) atoms. The van der Waals surface area contributed by atoms with Gasteiger partial charge in [0.05, 0.1) is 12.5 Å². The second-order valence-corrected chi connectivity index (χ2v) is 5.48. The molecule has 1 aliphatic rings. The number of hydrogen-bond acceptors (Lipinski definition) is 1. The number of methoxy groups -OCH3 is 1. The normalized spacial score (nSPS) is 17.5. The molecule has 0 N–H and O–H groups in total. The van der Waals surface area contributed by atoms with Crippen LogP contribution < -0.4 is 4.74 Å². The molecule has 3 heteroatoms.